The molecule has 2 aromatic carbocycles. The lowest BCUT2D eigenvalue weighted by Crippen LogP contribution is -2.54. The Kier molecular flexibility index (Phi) is 8.36. The van der Waals surface area contributed by atoms with Gasteiger partial charge in [0.1, 0.15) is 24.1 Å². The van der Waals surface area contributed by atoms with Crippen LogP contribution in [-0.2, 0) is 17.8 Å². The summed E-state index contributed by atoms with van der Waals surface area (Å²) < 4.78 is 34.6. The van der Waals surface area contributed by atoms with Crippen molar-refractivity contribution in [2.75, 3.05) is 56.2 Å². The van der Waals surface area contributed by atoms with E-state index in [2.05, 4.69) is 34.4 Å². The lowest BCUT2D eigenvalue weighted by molar-refractivity contribution is -0.131. The number of nitrogens with zero attached hydrogens (tertiary/aromatic N) is 6. The average molecular weight is 621 g/mol. The Morgan fingerprint density at radius 1 is 1.20 bits per heavy atom. The number of rotatable bonds is 6. The molecule has 0 radical (unpaired) electrons. The highest BCUT2D eigenvalue weighted by molar-refractivity contribution is 6.36. The van der Waals surface area contributed by atoms with Crippen LogP contribution in [0, 0.1) is 17.1 Å². The number of carbonyl (C=O) groups is 1. The maximum atomic E-state index is 14.6. The monoisotopic (exact) mass is 620 g/mol. The molecule has 8 nitrogen and oxygen atoms in total. The lowest BCUT2D eigenvalue weighted by Gasteiger charge is -2.42. The molecule has 3 aromatic rings. The highest BCUT2D eigenvalue weighted by atomic mass is 35.5. The second-order valence-corrected chi connectivity index (χ2v) is 12.2. The standard InChI is InChI=1S/C33H35ClF2N6O2/c1-20-17-41(14-15-42(20)33(43)21(2)35)31-24-11-13-40(28-8-4-6-22-9-10-26(36)30(34)29(22)28)18-27(24)38-32(25(31)16-37)44-19-23-7-5-12-39(23)3/h4,6,8-10,20,23H,2,5,7,11-15,17-19H2,1,3H3/t20-,23-/m0/s1. The van der Waals surface area contributed by atoms with Crippen LogP contribution in [0.15, 0.2) is 42.7 Å². The SMILES string of the molecule is C=C(F)C(=O)N1CCN(c2c(C#N)c(OC[C@@H]3CCCN3C)nc3c2CCN(c2cccc4ccc(F)c(Cl)c24)C3)C[C@@H]1C. The second-order valence-electron chi connectivity index (χ2n) is 11.9. The molecular weight excluding hydrogens is 586 g/mol. The molecule has 0 spiro atoms. The van der Waals surface area contributed by atoms with E-state index in [9.17, 15) is 18.8 Å². The van der Waals surface area contributed by atoms with Crippen molar-refractivity contribution in [1.82, 2.24) is 14.8 Å². The molecule has 1 amide bonds. The summed E-state index contributed by atoms with van der Waals surface area (Å²) in [4.78, 5) is 25.3. The van der Waals surface area contributed by atoms with E-state index in [1.807, 2.05) is 25.1 Å². The first-order valence-electron chi connectivity index (χ1n) is 15.0. The summed E-state index contributed by atoms with van der Waals surface area (Å²) in [5.41, 5.74) is 3.66. The van der Waals surface area contributed by atoms with E-state index in [0.717, 1.165) is 47.4 Å². The first-order valence-corrected chi connectivity index (χ1v) is 15.4. The summed E-state index contributed by atoms with van der Waals surface area (Å²) in [6.07, 6.45) is 2.68. The minimum atomic E-state index is -0.981. The Labute approximate surface area is 261 Å². The Morgan fingerprint density at radius 3 is 2.73 bits per heavy atom. The number of hydrogen-bond acceptors (Lipinski definition) is 7. The Bertz CT molecular complexity index is 1680. The van der Waals surface area contributed by atoms with Gasteiger partial charge < -0.3 is 24.3 Å². The van der Waals surface area contributed by atoms with Gasteiger partial charge in [-0.1, -0.05) is 36.4 Å². The maximum absolute atomic E-state index is 14.6. The molecule has 2 fully saturated rings. The van der Waals surface area contributed by atoms with Gasteiger partial charge in [0.15, 0.2) is 5.83 Å². The van der Waals surface area contributed by atoms with Gasteiger partial charge in [-0.05, 0) is 57.3 Å². The minimum absolute atomic E-state index is 0.0828. The van der Waals surface area contributed by atoms with Gasteiger partial charge >= 0.3 is 0 Å². The third kappa shape index (κ3) is 5.44. The molecule has 0 bridgehead atoms. The number of benzene rings is 2. The van der Waals surface area contributed by atoms with Crippen molar-refractivity contribution >= 4 is 39.7 Å². The molecule has 1 aromatic heterocycles. The van der Waals surface area contributed by atoms with E-state index in [4.69, 9.17) is 21.3 Å². The first-order chi connectivity index (χ1) is 21.2. The van der Waals surface area contributed by atoms with E-state index in [0.29, 0.717) is 56.7 Å². The van der Waals surface area contributed by atoms with Gasteiger partial charge in [0, 0.05) is 54.9 Å². The van der Waals surface area contributed by atoms with Crippen LogP contribution in [0.4, 0.5) is 20.2 Å². The summed E-state index contributed by atoms with van der Waals surface area (Å²) in [6, 6.07) is 11.2. The van der Waals surface area contributed by atoms with Crippen LogP contribution in [0.3, 0.4) is 0 Å². The quantitative estimate of drug-likeness (QED) is 0.339. The third-order valence-electron chi connectivity index (χ3n) is 9.18. The normalized spacial score (nSPS) is 20.5. The molecule has 2 atom stereocenters. The number of ether oxygens (including phenoxy) is 1. The Hall–Kier alpha value is -3.94. The topological polar surface area (TPSA) is 75.9 Å². The molecule has 44 heavy (non-hydrogen) atoms. The molecule has 3 aliphatic heterocycles. The number of piperazine rings is 1. The number of amides is 1. The Balaban J connectivity index is 1.39. The molecule has 0 N–H and O–H groups in total. The number of anilines is 2. The number of fused-ring (bicyclic) bond motifs is 2. The van der Waals surface area contributed by atoms with Crippen molar-refractivity contribution in [3.8, 4) is 11.9 Å². The van der Waals surface area contributed by atoms with E-state index in [1.54, 1.807) is 6.07 Å². The number of likely N-dealkylation sites (tertiary alicyclic amines) is 1. The molecule has 2 saturated heterocycles. The largest absolute Gasteiger partial charge is 0.475 e. The fourth-order valence-corrected chi connectivity index (χ4v) is 7.10. The summed E-state index contributed by atoms with van der Waals surface area (Å²) in [5, 5.41) is 12.0. The van der Waals surface area contributed by atoms with Crippen LogP contribution in [0.2, 0.25) is 5.02 Å². The fraction of sp³-hybridized carbons (Fsp3) is 0.424. The van der Waals surface area contributed by atoms with E-state index in [-0.39, 0.29) is 23.0 Å². The smallest absolute Gasteiger partial charge is 0.282 e. The van der Waals surface area contributed by atoms with Gasteiger partial charge in [0.25, 0.3) is 5.91 Å². The molecule has 0 saturated carbocycles. The lowest BCUT2D eigenvalue weighted by atomic mass is 9.96. The van der Waals surface area contributed by atoms with Crippen LogP contribution in [0.1, 0.15) is 36.6 Å². The highest BCUT2D eigenvalue weighted by Crippen LogP contribution is 2.41. The van der Waals surface area contributed by atoms with Crippen LogP contribution in [0.5, 0.6) is 5.88 Å². The van der Waals surface area contributed by atoms with Crippen LogP contribution < -0.4 is 14.5 Å². The number of nitriles is 1. The van der Waals surface area contributed by atoms with Crippen molar-refractivity contribution in [3.05, 3.63) is 70.4 Å². The zero-order chi connectivity index (χ0) is 31.1. The van der Waals surface area contributed by atoms with Gasteiger partial charge in [-0.3, -0.25) is 4.79 Å². The number of pyridine rings is 1. The molecular formula is C33H35ClF2N6O2. The summed E-state index contributed by atoms with van der Waals surface area (Å²) in [6.45, 7) is 8.59. The van der Waals surface area contributed by atoms with E-state index < -0.39 is 17.6 Å². The maximum Gasteiger partial charge on any atom is 0.282 e. The zero-order valence-corrected chi connectivity index (χ0v) is 25.7. The first kappa shape index (κ1) is 30.1. The van der Waals surface area contributed by atoms with Crippen molar-refractivity contribution in [2.45, 2.75) is 44.8 Å². The van der Waals surface area contributed by atoms with Gasteiger partial charge in [-0.25, -0.2) is 13.8 Å². The molecule has 4 heterocycles. The fourth-order valence-electron chi connectivity index (χ4n) is 6.83. The Morgan fingerprint density at radius 2 is 2.02 bits per heavy atom. The van der Waals surface area contributed by atoms with Gasteiger partial charge in [0.2, 0.25) is 5.88 Å². The zero-order valence-electron chi connectivity index (χ0n) is 25.0. The van der Waals surface area contributed by atoms with Crippen LogP contribution in [-0.4, -0.2) is 79.2 Å². The van der Waals surface area contributed by atoms with Gasteiger partial charge in [0.05, 0.1) is 22.9 Å². The van der Waals surface area contributed by atoms with Crippen molar-refractivity contribution < 1.29 is 18.3 Å². The highest BCUT2D eigenvalue weighted by Gasteiger charge is 2.35. The van der Waals surface area contributed by atoms with Gasteiger partial charge in [-0.15, -0.1) is 0 Å². The summed E-state index contributed by atoms with van der Waals surface area (Å²) in [5.74, 6) is -1.88. The van der Waals surface area contributed by atoms with E-state index in [1.165, 1.54) is 11.0 Å². The van der Waals surface area contributed by atoms with Crippen molar-refractivity contribution in [3.63, 3.8) is 0 Å². The predicted molar refractivity (Wildman–Crippen MR) is 167 cm³/mol. The van der Waals surface area contributed by atoms with E-state index >= 15 is 0 Å². The number of hydrogen-bond donors (Lipinski definition) is 0. The molecule has 0 unspecified atom stereocenters. The molecule has 11 heteroatoms. The third-order valence-corrected chi connectivity index (χ3v) is 9.55. The van der Waals surface area contributed by atoms with Gasteiger partial charge in [-0.2, -0.15) is 5.26 Å². The number of carbonyl (C=O) groups excluding carboxylic acids is 1. The molecule has 6 rings (SSSR count). The van der Waals surface area contributed by atoms with Crippen LogP contribution >= 0.6 is 11.6 Å². The summed E-state index contributed by atoms with van der Waals surface area (Å²) >= 11 is 6.48. The van der Waals surface area contributed by atoms with Crippen molar-refractivity contribution in [1.29, 1.82) is 5.26 Å². The van der Waals surface area contributed by atoms with Crippen LogP contribution in [0.25, 0.3) is 10.8 Å². The molecule has 3 aliphatic rings. The number of likely N-dealkylation sites (N-methyl/N-ethyl adjacent to an activating group) is 1. The average Bonchev–Trinajstić information content (AvgIpc) is 3.44. The summed E-state index contributed by atoms with van der Waals surface area (Å²) in [7, 11) is 2.07. The molecule has 230 valence electrons. The minimum Gasteiger partial charge on any atom is -0.475 e. The second kappa shape index (κ2) is 12.2. The number of aromatic nitrogens is 1. The number of halogens is 3. The molecule has 0 aliphatic carbocycles. The van der Waals surface area contributed by atoms with Crippen molar-refractivity contribution in [2.24, 2.45) is 0 Å². The predicted octanol–water partition coefficient (Wildman–Crippen LogP) is 5.45.